The predicted octanol–water partition coefficient (Wildman–Crippen LogP) is 26.1. The fourth-order valence-electron chi connectivity index (χ4n) is 13.3. The van der Waals surface area contributed by atoms with E-state index < -0.39 is 97.5 Å². The van der Waals surface area contributed by atoms with Gasteiger partial charge in [-0.2, -0.15) is 0 Å². The Morgan fingerprint density at radius 1 is 0.231 bits per heavy atom. The molecule has 618 valence electrons. The van der Waals surface area contributed by atoms with Crippen LogP contribution >= 0.6 is 15.6 Å². The maximum atomic E-state index is 13.1. The van der Waals surface area contributed by atoms with Gasteiger partial charge in [0.05, 0.1) is 26.4 Å². The zero-order chi connectivity index (χ0) is 76.0. The number of rotatable bonds is 86. The Morgan fingerprint density at radius 3 is 0.567 bits per heavy atom. The minimum atomic E-state index is -4.96. The van der Waals surface area contributed by atoms with Gasteiger partial charge in [0, 0.05) is 25.7 Å². The summed E-state index contributed by atoms with van der Waals surface area (Å²) in [6, 6.07) is 0. The Hall–Kier alpha value is -1.94. The molecular weight excluding hydrogens is 1350 g/mol. The molecule has 104 heavy (non-hydrogen) atoms. The summed E-state index contributed by atoms with van der Waals surface area (Å²) in [5.74, 6) is -2.10. The summed E-state index contributed by atoms with van der Waals surface area (Å²) >= 11 is 0. The van der Waals surface area contributed by atoms with Crippen LogP contribution < -0.4 is 0 Å². The number of ether oxygens (including phenoxy) is 4. The van der Waals surface area contributed by atoms with Gasteiger partial charge in [-0.1, -0.05) is 413 Å². The fourth-order valence-corrected chi connectivity index (χ4v) is 14.9. The van der Waals surface area contributed by atoms with Gasteiger partial charge < -0.3 is 33.8 Å². The number of aliphatic hydroxyl groups is 1. The average molecular weight is 1520 g/mol. The molecule has 19 heteroatoms. The predicted molar refractivity (Wildman–Crippen MR) is 428 cm³/mol. The molecule has 0 aromatic heterocycles. The number of hydrogen-bond donors (Lipinski definition) is 3. The van der Waals surface area contributed by atoms with Crippen LogP contribution in [0.2, 0.25) is 0 Å². The van der Waals surface area contributed by atoms with Crippen LogP contribution in [0.1, 0.15) is 464 Å². The van der Waals surface area contributed by atoms with E-state index in [1.165, 1.54) is 295 Å². The topological polar surface area (TPSA) is 237 Å². The Labute approximate surface area is 638 Å². The summed E-state index contributed by atoms with van der Waals surface area (Å²) in [7, 11) is -9.92. The smallest absolute Gasteiger partial charge is 0.462 e. The van der Waals surface area contributed by atoms with Crippen molar-refractivity contribution in [1.82, 2.24) is 0 Å². The first kappa shape index (κ1) is 102. The lowest BCUT2D eigenvalue weighted by Gasteiger charge is -2.21. The van der Waals surface area contributed by atoms with Crippen molar-refractivity contribution in [3.63, 3.8) is 0 Å². The highest BCUT2D eigenvalue weighted by Gasteiger charge is 2.30. The number of esters is 4. The van der Waals surface area contributed by atoms with E-state index in [0.29, 0.717) is 25.7 Å². The second-order valence-corrected chi connectivity index (χ2v) is 33.5. The van der Waals surface area contributed by atoms with E-state index in [-0.39, 0.29) is 25.7 Å². The molecule has 2 unspecified atom stereocenters. The highest BCUT2D eigenvalue weighted by Crippen LogP contribution is 2.45. The molecule has 0 saturated carbocycles. The lowest BCUT2D eigenvalue weighted by molar-refractivity contribution is -0.161. The first-order chi connectivity index (χ1) is 50.7. The molecule has 0 fully saturated rings. The summed E-state index contributed by atoms with van der Waals surface area (Å²) in [5.41, 5.74) is 0. The molecule has 5 atom stereocenters. The maximum Gasteiger partial charge on any atom is 0.472 e. The molecule has 0 amide bonds. The molecule has 0 aliphatic heterocycles. The number of phosphoric acid groups is 2. The molecule has 0 spiro atoms. The van der Waals surface area contributed by atoms with E-state index in [0.717, 1.165) is 89.9 Å². The molecule has 0 aliphatic rings. The van der Waals surface area contributed by atoms with Crippen molar-refractivity contribution in [2.24, 2.45) is 0 Å². The first-order valence-electron chi connectivity index (χ1n) is 44.3. The Balaban J connectivity index is 5.25. The monoisotopic (exact) mass is 1520 g/mol. The largest absolute Gasteiger partial charge is 0.472 e. The number of carbonyl (C=O) groups excluding carboxylic acids is 4. The molecule has 0 aromatic rings. The van der Waals surface area contributed by atoms with Gasteiger partial charge in [0.15, 0.2) is 12.2 Å². The quantitative estimate of drug-likeness (QED) is 0.0222. The van der Waals surface area contributed by atoms with Crippen molar-refractivity contribution in [3.8, 4) is 0 Å². The van der Waals surface area contributed by atoms with Crippen LogP contribution in [0.4, 0.5) is 0 Å². The lowest BCUT2D eigenvalue weighted by Crippen LogP contribution is -2.30. The van der Waals surface area contributed by atoms with E-state index >= 15 is 0 Å². The van der Waals surface area contributed by atoms with Crippen molar-refractivity contribution in [1.29, 1.82) is 0 Å². The minimum absolute atomic E-state index is 0.109. The molecule has 0 aromatic carbocycles. The molecular formula is C85H166O17P2. The summed E-state index contributed by atoms with van der Waals surface area (Å²) in [4.78, 5) is 73.2. The average Bonchev–Trinajstić information content (AvgIpc) is 0.910. The van der Waals surface area contributed by atoms with Gasteiger partial charge >= 0.3 is 39.5 Å². The standard InChI is InChI=1S/C85H166O17P2/c1-5-9-13-17-21-25-29-33-36-39-42-46-49-53-57-61-65-69-82(87)95-75-80(101-84(89)71-67-63-59-55-51-45-32-28-24-20-16-12-8-4)77-99-103(91,92)97-73-79(86)74-98-104(93,94)100-78-81(102-85(90)72-68-64-60-56-52-48-44-41-38-35-31-27-23-19-15-11-7-3)76-96-83(88)70-66-62-58-54-50-47-43-40-37-34-30-26-22-18-14-10-6-2/h79-81,86H,5-78H2,1-4H3,(H,91,92)(H,93,94)/t79-,80+,81+/m0/s1. The second-order valence-electron chi connectivity index (χ2n) is 30.6. The summed E-state index contributed by atoms with van der Waals surface area (Å²) < 4.78 is 68.9. The van der Waals surface area contributed by atoms with Gasteiger partial charge in [-0.25, -0.2) is 9.13 Å². The number of phosphoric ester groups is 2. The second kappa shape index (κ2) is 79.2. The number of aliphatic hydroxyl groups excluding tert-OH is 1. The van der Waals surface area contributed by atoms with Crippen molar-refractivity contribution >= 4 is 39.5 Å². The number of carbonyl (C=O) groups is 4. The Morgan fingerprint density at radius 2 is 0.385 bits per heavy atom. The third-order valence-corrected chi connectivity index (χ3v) is 22.0. The molecule has 0 rings (SSSR count). The van der Waals surface area contributed by atoms with Crippen molar-refractivity contribution in [2.45, 2.75) is 483 Å². The van der Waals surface area contributed by atoms with Gasteiger partial charge in [0.1, 0.15) is 19.3 Å². The molecule has 0 aliphatic carbocycles. The third-order valence-electron chi connectivity index (χ3n) is 20.1. The minimum Gasteiger partial charge on any atom is -0.462 e. The molecule has 17 nitrogen and oxygen atoms in total. The number of unbranched alkanes of at least 4 members (excludes halogenated alkanes) is 60. The van der Waals surface area contributed by atoms with Gasteiger partial charge in [-0.15, -0.1) is 0 Å². The summed E-state index contributed by atoms with van der Waals surface area (Å²) in [6.07, 6.45) is 73.4. The summed E-state index contributed by atoms with van der Waals surface area (Å²) in [6.45, 7) is 5.07. The van der Waals surface area contributed by atoms with E-state index in [9.17, 15) is 43.2 Å². The van der Waals surface area contributed by atoms with Gasteiger partial charge in [0.2, 0.25) is 0 Å². The van der Waals surface area contributed by atoms with Crippen LogP contribution in [0.5, 0.6) is 0 Å². The van der Waals surface area contributed by atoms with Crippen molar-refractivity contribution < 1.29 is 80.2 Å². The lowest BCUT2D eigenvalue weighted by atomic mass is 10.0. The highest BCUT2D eigenvalue weighted by molar-refractivity contribution is 7.47. The normalized spacial score (nSPS) is 13.7. The SMILES string of the molecule is CCCCCCCCCCCCCCCCCCCC(=O)OC[C@H](COP(=O)(O)OC[C@H](O)COP(=O)(O)OC[C@@H](COC(=O)CCCCCCCCCCCCCCCCCCC)OC(=O)CCCCCCCCCCCCCCCCCCC)OC(=O)CCCCCCCCCCCCCCC. The van der Waals surface area contributed by atoms with Crippen LogP contribution in [0.15, 0.2) is 0 Å². The summed E-state index contributed by atoms with van der Waals surface area (Å²) in [5, 5.41) is 10.7. The zero-order valence-corrected chi connectivity index (χ0v) is 69.8. The van der Waals surface area contributed by atoms with E-state index in [1.807, 2.05) is 0 Å². The molecule has 0 heterocycles. The number of hydrogen-bond acceptors (Lipinski definition) is 15. The van der Waals surface area contributed by atoms with Gasteiger partial charge in [-0.05, 0) is 25.7 Å². The molecule has 3 N–H and O–H groups in total. The molecule has 0 bridgehead atoms. The zero-order valence-electron chi connectivity index (χ0n) is 68.0. The van der Waals surface area contributed by atoms with Crippen molar-refractivity contribution in [3.05, 3.63) is 0 Å². The van der Waals surface area contributed by atoms with Crippen LogP contribution in [0.25, 0.3) is 0 Å². The van der Waals surface area contributed by atoms with E-state index in [4.69, 9.17) is 37.0 Å². The van der Waals surface area contributed by atoms with E-state index in [1.54, 1.807) is 0 Å². The fraction of sp³-hybridized carbons (Fsp3) is 0.953. The van der Waals surface area contributed by atoms with Crippen molar-refractivity contribution in [2.75, 3.05) is 39.6 Å². The van der Waals surface area contributed by atoms with E-state index in [2.05, 4.69) is 27.7 Å². The van der Waals surface area contributed by atoms with Gasteiger partial charge in [-0.3, -0.25) is 37.3 Å². The Kier molecular flexibility index (Phi) is 77.7. The van der Waals surface area contributed by atoms with Gasteiger partial charge in [0.25, 0.3) is 0 Å². The maximum absolute atomic E-state index is 13.1. The third kappa shape index (κ3) is 78.2. The Bertz CT molecular complexity index is 1960. The van der Waals surface area contributed by atoms with Crippen LogP contribution in [0, 0.1) is 0 Å². The highest BCUT2D eigenvalue weighted by atomic mass is 31.2. The molecule has 0 saturated heterocycles. The first-order valence-corrected chi connectivity index (χ1v) is 47.3. The van der Waals surface area contributed by atoms with Crippen LogP contribution in [0.3, 0.4) is 0 Å². The molecule has 0 radical (unpaired) electrons. The van der Waals surface area contributed by atoms with Crippen LogP contribution in [-0.2, 0) is 65.4 Å². The van der Waals surface area contributed by atoms with Crippen LogP contribution in [-0.4, -0.2) is 96.7 Å².